The lowest BCUT2D eigenvalue weighted by molar-refractivity contribution is -0.385. The molecule has 6 heteroatoms. The van der Waals surface area contributed by atoms with Crippen LogP contribution in [0.15, 0.2) is 78.9 Å². The highest BCUT2D eigenvalue weighted by atomic mass is 31.1. The van der Waals surface area contributed by atoms with Gasteiger partial charge in [-0.3, -0.25) is 10.1 Å². The van der Waals surface area contributed by atoms with Crippen LogP contribution in [0, 0.1) is 10.1 Å². The van der Waals surface area contributed by atoms with Crippen LogP contribution in [-0.2, 0) is 0 Å². The van der Waals surface area contributed by atoms with Crippen molar-refractivity contribution in [3.8, 4) is 5.75 Å². The predicted octanol–water partition coefficient (Wildman–Crippen LogP) is 2.82. The van der Waals surface area contributed by atoms with E-state index in [1.807, 2.05) is 60.7 Å². The fraction of sp³-hybridized carbons (Fsp3) is 0. The molecule has 0 aliphatic heterocycles. The fourth-order valence-electron chi connectivity index (χ4n) is 2.26. The Hall–Kier alpha value is -2.65. The van der Waals surface area contributed by atoms with E-state index >= 15 is 0 Å². The Morgan fingerprint density at radius 3 is 1.88 bits per heavy atom. The highest BCUT2D eigenvalue weighted by Gasteiger charge is 2.23. The van der Waals surface area contributed by atoms with E-state index in [2.05, 4.69) is 0 Å². The van der Waals surface area contributed by atoms with Crippen molar-refractivity contribution in [3.63, 3.8) is 0 Å². The van der Waals surface area contributed by atoms with Crippen molar-refractivity contribution in [1.29, 1.82) is 0 Å². The minimum Gasteiger partial charge on any atom is -0.458 e. The minimum absolute atomic E-state index is 0.112. The van der Waals surface area contributed by atoms with Gasteiger partial charge >= 0.3 is 5.69 Å². The summed E-state index contributed by atoms with van der Waals surface area (Å²) in [6, 6.07) is 23.8. The van der Waals surface area contributed by atoms with Crippen molar-refractivity contribution in [2.75, 3.05) is 0 Å². The average Bonchev–Trinajstić information content (AvgIpc) is 2.62. The molecule has 0 aromatic heterocycles. The minimum atomic E-state index is -1.27. The van der Waals surface area contributed by atoms with E-state index in [0.29, 0.717) is 0 Å². The third-order valence-corrected chi connectivity index (χ3v) is 5.28. The van der Waals surface area contributed by atoms with Gasteiger partial charge in [-0.05, 0) is 5.46 Å². The van der Waals surface area contributed by atoms with Crippen LogP contribution in [0.5, 0.6) is 5.75 Å². The van der Waals surface area contributed by atoms with E-state index in [1.54, 1.807) is 12.1 Å². The molecule has 24 heavy (non-hydrogen) atoms. The Morgan fingerprint density at radius 2 is 1.38 bits per heavy atom. The first kappa shape index (κ1) is 16.2. The summed E-state index contributed by atoms with van der Waals surface area (Å²) in [6.07, 6.45) is 0. The second kappa shape index (κ2) is 7.28. The van der Waals surface area contributed by atoms with Crippen molar-refractivity contribution in [1.82, 2.24) is 0 Å². The summed E-state index contributed by atoms with van der Waals surface area (Å²) in [6.45, 7) is 0. The molecular weight excluding hydrogens is 320 g/mol. The van der Waals surface area contributed by atoms with Crippen molar-refractivity contribution >= 4 is 37.8 Å². The Labute approximate surface area is 142 Å². The lowest BCUT2D eigenvalue weighted by atomic mass is 9.94. The molecule has 0 heterocycles. The van der Waals surface area contributed by atoms with Crippen LogP contribution in [0.1, 0.15) is 0 Å². The van der Waals surface area contributed by atoms with Crippen molar-refractivity contribution in [3.05, 3.63) is 89.0 Å². The summed E-state index contributed by atoms with van der Waals surface area (Å²) in [5.74, 6) is 0.112. The Kier molecular flexibility index (Phi) is 4.92. The number of nitrogens with zero attached hydrogens (tertiary/aromatic N) is 1. The summed E-state index contributed by atoms with van der Waals surface area (Å²) in [5.41, 5.74) is 0.123. The van der Waals surface area contributed by atoms with Crippen LogP contribution in [0.3, 0.4) is 0 Å². The summed E-state index contributed by atoms with van der Waals surface area (Å²) in [7, 11) is 4.68. The van der Waals surface area contributed by atoms with Gasteiger partial charge in [-0.1, -0.05) is 72.8 Å². The van der Waals surface area contributed by atoms with Crippen LogP contribution in [-0.4, -0.2) is 12.8 Å². The van der Waals surface area contributed by atoms with Crippen LogP contribution in [0.25, 0.3) is 0 Å². The summed E-state index contributed by atoms with van der Waals surface area (Å²) in [4.78, 5) is 10.8. The molecule has 0 N–H and O–H groups in total. The molecule has 3 aromatic carbocycles. The van der Waals surface area contributed by atoms with E-state index in [-0.39, 0.29) is 16.9 Å². The molecule has 0 aliphatic rings. The number of hydrogen-bond acceptors (Lipinski definition) is 3. The number of nitro benzene ring substituents is 1. The van der Waals surface area contributed by atoms with Crippen LogP contribution in [0.2, 0.25) is 0 Å². The smallest absolute Gasteiger partial charge is 0.310 e. The number of benzene rings is 3. The average molecular weight is 333 g/mol. The summed E-state index contributed by atoms with van der Waals surface area (Å²) in [5, 5.41) is 13.2. The number of rotatable bonds is 5. The quantitative estimate of drug-likeness (QED) is 0.312. The van der Waals surface area contributed by atoms with Crippen LogP contribution < -0.4 is 20.6 Å². The zero-order valence-electron chi connectivity index (χ0n) is 12.7. The van der Waals surface area contributed by atoms with E-state index in [0.717, 1.165) is 10.6 Å². The largest absolute Gasteiger partial charge is 0.458 e. The van der Waals surface area contributed by atoms with E-state index in [1.165, 1.54) is 6.07 Å². The van der Waals surface area contributed by atoms with Gasteiger partial charge < -0.3 is 4.52 Å². The van der Waals surface area contributed by atoms with Gasteiger partial charge in [0.1, 0.15) is 7.85 Å². The monoisotopic (exact) mass is 333 g/mol. The molecule has 0 spiro atoms. The highest BCUT2D eigenvalue weighted by molar-refractivity contribution is 7.68. The fourth-order valence-corrected chi connectivity index (χ4v) is 4.03. The topological polar surface area (TPSA) is 52.4 Å². The van der Waals surface area contributed by atoms with Crippen LogP contribution in [0.4, 0.5) is 5.69 Å². The molecule has 0 saturated heterocycles. The van der Waals surface area contributed by atoms with Gasteiger partial charge in [0.2, 0.25) is 0 Å². The van der Waals surface area contributed by atoms with Crippen molar-refractivity contribution in [2.45, 2.75) is 0 Å². The van der Waals surface area contributed by atoms with Gasteiger partial charge in [0.15, 0.2) is 13.9 Å². The van der Waals surface area contributed by atoms with Crippen molar-refractivity contribution < 1.29 is 9.45 Å². The third-order valence-electron chi connectivity index (χ3n) is 3.39. The van der Waals surface area contributed by atoms with Gasteiger partial charge in [-0.25, -0.2) is 0 Å². The molecule has 0 saturated carbocycles. The summed E-state index contributed by atoms with van der Waals surface area (Å²) >= 11 is 0. The molecule has 0 aliphatic carbocycles. The first-order chi connectivity index (χ1) is 11.7. The maximum Gasteiger partial charge on any atom is 0.310 e. The molecule has 0 bridgehead atoms. The molecule has 0 fully saturated rings. The summed E-state index contributed by atoms with van der Waals surface area (Å²) < 4.78 is 6.11. The standard InChI is InChI=1S/C18H13BNO3P/c19-16-12-7-13-17(20(21)22)18(16)23-24(14-8-3-1-4-9-14)15-10-5-2-6-11-15/h1-13H. The first-order valence-electron chi connectivity index (χ1n) is 7.28. The molecule has 0 amide bonds. The number of nitro groups is 1. The molecule has 116 valence electrons. The second-order valence-electron chi connectivity index (χ2n) is 5.01. The van der Waals surface area contributed by atoms with Gasteiger partial charge in [-0.2, -0.15) is 0 Å². The zero-order valence-corrected chi connectivity index (χ0v) is 13.6. The predicted molar refractivity (Wildman–Crippen MR) is 98.2 cm³/mol. The van der Waals surface area contributed by atoms with Gasteiger partial charge in [0.05, 0.1) is 4.92 Å². The molecular formula is C18H13BNO3P. The third kappa shape index (κ3) is 3.47. The maximum absolute atomic E-state index is 11.3. The molecule has 0 atom stereocenters. The zero-order chi connectivity index (χ0) is 16.9. The lowest BCUT2D eigenvalue weighted by Gasteiger charge is -2.20. The molecule has 4 nitrogen and oxygen atoms in total. The lowest BCUT2D eigenvalue weighted by Crippen LogP contribution is -2.19. The second-order valence-corrected chi connectivity index (χ2v) is 6.81. The Balaban J connectivity index is 2.08. The van der Waals surface area contributed by atoms with E-state index in [9.17, 15) is 10.1 Å². The van der Waals surface area contributed by atoms with Crippen LogP contribution >= 0.6 is 8.15 Å². The van der Waals surface area contributed by atoms with Gasteiger partial charge in [0, 0.05) is 16.7 Å². The van der Waals surface area contributed by atoms with E-state index < -0.39 is 13.1 Å². The van der Waals surface area contributed by atoms with Gasteiger partial charge in [0.25, 0.3) is 0 Å². The SMILES string of the molecule is [B]c1cccc([N+](=O)[O-])c1OP(c1ccccc1)c1ccccc1. The maximum atomic E-state index is 11.3. The molecule has 3 rings (SSSR count). The molecule has 0 unspecified atom stereocenters. The van der Waals surface area contributed by atoms with Gasteiger partial charge in [-0.15, -0.1) is 0 Å². The number of hydrogen-bond donors (Lipinski definition) is 0. The van der Waals surface area contributed by atoms with E-state index in [4.69, 9.17) is 12.4 Å². The Morgan fingerprint density at radius 1 is 0.833 bits per heavy atom. The molecule has 3 aromatic rings. The first-order valence-corrected chi connectivity index (χ1v) is 8.54. The van der Waals surface area contributed by atoms with Crippen molar-refractivity contribution in [2.24, 2.45) is 0 Å². The number of para-hydroxylation sites is 1. The molecule has 2 radical (unpaired) electrons. The normalized spacial score (nSPS) is 10.5. The highest BCUT2D eigenvalue weighted by Crippen LogP contribution is 2.39. The Bertz CT molecular complexity index is 804.